The maximum absolute atomic E-state index is 11.1. The number of nitrogens with zero attached hydrogens (tertiary/aromatic N) is 1. The van der Waals surface area contributed by atoms with Crippen LogP contribution in [0, 0.1) is 6.92 Å². The average Bonchev–Trinajstić information content (AvgIpc) is 3.45. The van der Waals surface area contributed by atoms with Crippen molar-refractivity contribution in [2.24, 2.45) is 0 Å². The van der Waals surface area contributed by atoms with Crippen molar-refractivity contribution in [3.63, 3.8) is 0 Å². The Morgan fingerprint density at radius 1 is 0.821 bits per heavy atom. The Morgan fingerprint density at radius 3 is 2.18 bits per heavy atom. The van der Waals surface area contributed by atoms with Crippen molar-refractivity contribution in [3.8, 4) is 50.8 Å². The standard InChI is InChI=1S/C32H27NO5S/c1-21-16-30(27(17-29(21)38-19-32(34)35)24-12-14-26(36-2)15-13-24)37-18-31-33-28(20-39-31)25-10-8-23(9-11-25)22-6-4-3-5-7-22/h3-17,20H,18-19H2,1-2H3,(H,34,35). The van der Waals surface area contributed by atoms with Crippen LogP contribution in [0.1, 0.15) is 10.6 Å². The van der Waals surface area contributed by atoms with Crippen molar-refractivity contribution in [1.82, 2.24) is 4.98 Å². The second kappa shape index (κ2) is 11.8. The van der Waals surface area contributed by atoms with Gasteiger partial charge in [-0.3, -0.25) is 0 Å². The van der Waals surface area contributed by atoms with E-state index in [1.54, 1.807) is 18.4 Å². The third-order valence-electron chi connectivity index (χ3n) is 6.22. The summed E-state index contributed by atoms with van der Waals surface area (Å²) in [4.78, 5) is 15.9. The topological polar surface area (TPSA) is 77.9 Å². The first-order valence-electron chi connectivity index (χ1n) is 12.4. The van der Waals surface area contributed by atoms with Crippen molar-refractivity contribution < 1.29 is 24.1 Å². The van der Waals surface area contributed by atoms with Crippen LogP contribution in [-0.2, 0) is 11.4 Å². The fraction of sp³-hybridized carbons (Fsp3) is 0.125. The molecule has 0 spiro atoms. The highest BCUT2D eigenvalue weighted by Gasteiger charge is 2.15. The predicted molar refractivity (Wildman–Crippen MR) is 154 cm³/mol. The molecule has 0 saturated heterocycles. The van der Waals surface area contributed by atoms with Crippen molar-refractivity contribution in [3.05, 3.63) is 107 Å². The van der Waals surface area contributed by atoms with Gasteiger partial charge in [-0.15, -0.1) is 11.3 Å². The van der Waals surface area contributed by atoms with E-state index in [1.165, 1.54) is 5.56 Å². The number of carboxylic acid groups (broad SMARTS) is 1. The summed E-state index contributed by atoms with van der Waals surface area (Å²) in [5.41, 5.74) is 6.76. The molecule has 0 aliphatic rings. The SMILES string of the molecule is COc1ccc(-c2cc(OCC(=O)O)c(C)cc2OCc2nc(-c3ccc(-c4ccccc4)cc3)cs2)cc1. The molecule has 0 saturated carbocycles. The number of hydrogen-bond donors (Lipinski definition) is 1. The minimum Gasteiger partial charge on any atom is -0.497 e. The molecule has 0 amide bonds. The molecule has 4 aromatic carbocycles. The quantitative estimate of drug-likeness (QED) is 0.199. The van der Waals surface area contributed by atoms with Gasteiger partial charge in [0.25, 0.3) is 0 Å². The predicted octanol–water partition coefficient (Wildman–Crippen LogP) is 7.50. The summed E-state index contributed by atoms with van der Waals surface area (Å²) in [5, 5.41) is 11.9. The molecule has 1 heterocycles. The van der Waals surface area contributed by atoms with Gasteiger partial charge in [0.2, 0.25) is 0 Å². The van der Waals surface area contributed by atoms with Crippen LogP contribution < -0.4 is 14.2 Å². The maximum atomic E-state index is 11.1. The minimum absolute atomic E-state index is 0.296. The first-order chi connectivity index (χ1) is 19.0. The normalized spacial score (nSPS) is 10.7. The zero-order valence-corrected chi connectivity index (χ0v) is 22.4. The molecule has 6 nitrogen and oxygen atoms in total. The number of carbonyl (C=O) groups is 1. The molecule has 0 fully saturated rings. The van der Waals surface area contributed by atoms with Gasteiger partial charge >= 0.3 is 5.97 Å². The summed E-state index contributed by atoms with van der Waals surface area (Å²) < 4.78 is 17.1. The molecule has 39 heavy (non-hydrogen) atoms. The Labute approximate surface area is 231 Å². The zero-order chi connectivity index (χ0) is 27.2. The number of ether oxygens (including phenoxy) is 3. The summed E-state index contributed by atoms with van der Waals surface area (Å²) in [6.45, 7) is 1.74. The first kappa shape index (κ1) is 26.0. The van der Waals surface area contributed by atoms with E-state index in [9.17, 15) is 4.79 Å². The highest BCUT2D eigenvalue weighted by molar-refractivity contribution is 7.09. The number of aromatic nitrogens is 1. The molecule has 5 aromatic rings. The van der Waals surface area contributed by atoms with Crippen LogP contribution >= 0.6 is 11.3 Å². The molecular formula is C32H27NO5S. The summed E-state index contributed by atoms with van der Waals surface area (Å²) in [7, 11) is 1.62. The lowest BCUT2D eigenvalue weighted by molar-refractivity contribution is -0.139. The largest absolute Gasteiger partial charge is 0.497 e. The fourth-order valence-electron chi connectivity index (χ4n) is 4.19. The van der Waals surface area contributed by atoms with E-state index in [0.717, 1.165) is 44.3 Å². The molecular weight excluding hydrogens is 510 g/mol. The number of thiazole rings is 1. The Morgan fingerprint density at radius 2 is 1.49 bits per heavy atom. The summed E-state index contributed by atoms with van der Waals surface area (Å²) >= 11 is 1.55. The van der Waals surface area contributed by atoms with E-state index in [1.807, 2.05) is 66.9 Å². The molecule has 0 radical (unpaired) electrons. The first-order valence-corrected chi connectivity index (χ1v) is 13.2. The Bertz CT molecular complexity index is 1560. The maximum Gasteiger partial charge on any atom is 0.341 e. The lowest BCUT2D eigenvalue weighted by Crippen LogP contribution is -2.10. The fourth-order valence-corrected chi connectivity index (χ4v) is 4.90. The average molecular weight is 538 g/mol. The van der Waals surface area contributed by atoms with Crippen LogP contribution in [0.15, 0.2) is 96.4 Å². The molecule has 196 valence electrons. The Balaban J connectivity index is 1.36. The zero-order valence-electron chi connectivity index (χ0n) is 21.6. The molecule has 0 aliphatic heterocycles. The van der Waals surface area contributed by atoms with Gasteiger partial charge in [0.05, 0.1) is 12.8 Å². The van der Waals surface area contributed by atoms with Crippen LogP contribution in [0.2, 0.25) is 0 Å². The molecule has 5 rings (SSSR count). The number of aliphatic carboxylic acids is 1. The van der Waals surface area contributed by atoms with E-state index in [2.05, 4.69) is 36.4 Å². The second-order valence-electron chi connectivity index (χ2n) is 8.88. The van der Waals surface area contributed by atoms with E-state index in [0.29, 0.717) is 18.1 Å². The van der Waals surface area contributed by atoms with Crippen LogP contribution in [-0.4, -0.2) is 29.8 Å². The summed E-state index contributed by atoms with van der Waals surface area (Å²) in [6, 6.07) is 29.9. The Hall–Kier alpha value is -4.62. The molecule has 0 bridgehead atoms. The van der Waals surface area contributed by atoms with Crippen LogP contribution in [0.25, 0.3) is 33.5 Å². The second-order valence-corrected chi connectivity index (χ2v) is 9.83. The van der Waals surface area contributed by atoms with Gasteiger partial charge in [-0.05, 0) is 53.4 Å². The van der Waals surface area contributed by atoms with Crippen LogP contribution in [0.3, 0.4) is 0 Å². The number of rotatable bonds is 10. The summed E-state index contributed by atoms with van der Waals surface area (Å²) in [5.74, 6) is 0.855. The van der Waals surface area contributed by atoms with Gasteiger partial charge in [-0.25, -0.2) is 9.78 Å². The van der Waals surface area contributed by atoms with Crippen molar-refractivity contribution in [1.29, 1.82) is 0 Å². The van der Waals surface area contributed by atoms with Gasteiger partial charge in [0.15, 0.2) is 6.61 Å². The molecule has 1 N–H and O–H groups in total. The third kappa shape index (κ3) is 6.27. The molecule has 1 aromatic heterocycles. The minimum atomic E-state index is -1.03. The van der Waals surface area contributed by atoms with E-state index < -0.39 is 12.6 Å². The van der Waals surface area contributed by atoms with Crippen LogP contribution in [0.5, 0.6) is 17.2 Å². The number of hydrogen-bond acceptors (Lipinski definition) is 6. The van der Waals surface area contributed by atoms with Gasteiger partial charge in [-0.2, -0.15) is 0 Å². The van der Waals surface area contributed by atoms with E-state index in [4.69, 9.17) is 24.3 Å². The van der Waals surface area contributed by atoms with Crippen molar-refractivity contribution >= 4 is 17.3 Å². The lowest BCUT2D eigenvalue weighted by Gasteiger charge is -2.16. The number of aryl methyl sites for hydroxylation is 1. The van der Waals surface area contributed by atoms with Gasteiger partial charge in [-0.1, -0.05) is 66.7 Å². The van der Waals surface area contributed by atoms with Gasteiger partial charge in [0, 0.05) is 16.5 Å². The smallest absolute Gasteiger partial charge is 0.341 e. The van der Waals surface area contributed by atoms with Crippen LogP contribution in [0.4, 0.5) is 0 Å². The monoisotopic (exact) mass is 537 g/mol. The number of benzene rings is 4. The van der Waals surface area contributed by atoms with Crippen molar-refractivity contribution in [2.45, 2.75) is 13.5 Å². The summed E-state index contributed by atoms with van der Waals surface area (Å²) in [6.07, 6.45) is 0. The number of methoxy groups -OCH3 is 1. The number of carboxylic acids is 1. The van der Waals surface area contributed by atoms with Gasteiger partial charge < -0.3 is 19.3 Å². The van der Waals surface area contributed by atoms with Gasteiger partial charge in [0.1, 0.15) is 28.9 Å². The Kier molecular flexibility index (Phi) is 7.89. The molecule has 0 unspecified atom stereocenters. The van der Waals surface area contributed by atoms with E-state index in [-0.39, 0.29) is 0 Å². The third-order valence-corrected chi connectivity index (χ3v) is 7.04. The highest BCUT2D eigenvalue weighted by atomic mass is 32.1. The van der Waals surface area contributed by atoms with Crippen molar-refractivity contribution in [2.75, 3.05) is 13.7 Å². The molecule has 7 heteroatoms. The lowest BCUT2D eigenvalue weighted by atomic mass is 10.0. The highest BCUT2D eigenvalue weighted by Crippen LogP contribution is 2.37. The van der Waals surface area contributed by atoms with E-state index >= 15 is 0 Å². The molecule has 0 atom stereocenters. The molecule has 0 aliphatic carbocycles.